The molecule has 194 valence electrons. The van der Waals surface area contributed by atoms with Gasteiger partial charge >= 0.3 is 6.16 Å². The van der Waals surface area contributed by atoms with Gasteiger partial charge in [-0.25, -0.2) is 18.2 Å². The molecule has 11 nitrogen and oxygen atoms in total. The lowest BCUT2D eigenvalue weighted by molar-refractivity contribution is -0.139. The Morgan fingerprint density at radius 2 is 1.53 bits per heavy atom. The summed E-state index contributed by atoms with van der Waals surface area (Å²) < 4.78 is 43.9. The van der Waals surface area contributed by atoms with Gasteiger partial charge in [-0.05, 0) is 43.2 Å². The van der Waals surface area contributed by atoms with E-state index in [-0.39, 0.29) is 46.6 Å². The molecule has 3 rings (SSSR count). The van der Waals surface area contributed by atoms with Crippen molar-refractivity contribution in [2.24, 2.45) is 0 Å². The average molecular weight is 521 g/mol. The van der Waals surface area contributed by atoms with E-state index in [0.717, 1.165) is 6.26 Å². The fraction of sp³-hybridized carbons (Fsp3) is 0.375. The lowest BCUT2D eigenvalue weighted by atomic mass is 10.1. The molecule has 0 aliphatic carbocycles. The Bertz CT molecular complexity index is 1220. The first-order valence-corrected chi connectivity index (χ1v) is 13.0. The number of benzene rings is 2. The molecule has 0 radical (unpaired) electrons. The molecule has 0 saturated carbocycles. The molecule has 0 bridgehead atoms. The quantitative estimate of drug-likeness (QED) is 0.381. The van der Waals surface area contributed by atoms with Crippen LogP contribution in [0.4, 0.5) is 4.79 Å². The molecule has 36 heavy (non-hydrogen) atoms. The predicted octanol–water partition coefficient (Wildman–Crippen LogP) is 2.47. The van der Waals surface area contributed by atoms with Crippen LogP contribution in [0.5, 0.6) is 17.2 Å². The summed E-state index contributed by atoms with van der Waals surface area (Å²) in [5.41, 5.74) is 0.785. The minimum absolute atomic E-state index is 0.00716. The van der Waals surface area contributed by atoms with E-state index in [1.807, 2.05) is 0 Å². The van der Waals surface area contributed by atoms with Gasteiger partial charge in [0.05, 0.1) is 32.1 Å². The standard InChI is InChI=1S/C24H28N2O9S/c1-5-34-24(29)35-22-19(32-2)14-17(15-20(22)33-3)23(28)26-12-6-11-25(26)21(27)13-16-7-9-18(10-8-16)36(4,30)31/h7-10,14-15H,5-6,11-13H2,1-4H3. The largest absolute Gasteiger partial charge is 0.514 e. The van der Waals surface area contributed by atoms with Gasteiger partial charge in [0.1, 0.15) is 0 Å². The minimum atomic E-state index is -3.34. The van der Waals surface area contributed by atoms with E-state index >= 15 is 0 Å². The van der Waals surface area contributed by atoms with Gasteiger partial charge in [0, 0.05) is 24.9 Å². The lowest BCUT2D eigenvalue weighted by Gasteiger charge is -2.28. The minimum Gasteiger partial charge on any atom is -0.493 e. The maximum Gasteiger partial charge on any atom is 0.514 e. The number of rotatable bonds is 8. The lowest BCUT2D eigenvalue weighted by Crippen LogP contribution is -2.45. The van der Waals surface area contributed by atoms with Crippen molar-refractivity contribution in [3.63, 3.8) is 0 Å². The molecular weight excluding hydrogens is 492 g/mol. The van der Waals surface area contributed by atoms with E-state index in [2.05, 4.69) is 0 Å². The Morgan fingerprint density at radius 3 is 2.06 bits per heavy atom. The van der Waals surface area contributed by atoms with Gasteiger partial charge in [0.25, 0.3) is 5.91 Å². The number of methoxy groups -OCH3 is 2. The van der Waals surface area contributed by atoms with Crippen molar-refractivity contribution in [3.05, 3.63) is 47.5 Å². The number of hydrazine groups is 1. The van der Waals surface area contributed by atoms with Gasteiger partial charge in [0.15, 0.2) is 21.3 Å². The molecule has 1 heterocycles. The highest BCUT2D eigenvalue weighted by Crippen LogP contribution is 2.39. The number of amides is 2. The van der Waals surface area contributed by atoms with Crippen LogP contribution in [0.3, 0.4) is 0 Å². The topological polar surface area (TPSA) is 129 Å². The number of hydrogen-bond acceptors (Lipinski definition) is 9. The summed E-state index contributed by atoms with van der Waals surface area (Å²) in [5, 5.41) is 2.71. The van der Waals surface area contributed by atoms with E-state index in [1.54, 1.807) is 19.1 Å². The summed E-state index contributed by atoms with van der Waals surface area (Å²) in [6, 6.07) is 8.84. The molecule has 1 aliphatic heterocycles. The zero-order chi connectivity index (χ0) is 26.5. The van der Waals surface area contributed by atoms with Crippen LogP contribution in [0.1, 0.15) is 29.3 Å². The van der Waals surface area contributed by atoms with Crippen molar-refractivity contribution in [1.82, 2.24) is 10.0 Å². The summed E-state index contributed by atoms with van der Waals surface area (Å²) in [6.07, 6.45) is 0.741. The van der Waals surface area contributed by atoms with E-state index in [1.165, 1.54) is 48.5 Å². The Hall–Kier alpha value is -3.80. The van der Waals surface area contributed by atoms with Crippen molar-refractivity contribution in [2.45, 2.75) is 24.7 Å². The normalized spacial score (nSPS) is 13.3. The number of carbonyl (C=O) groups excluding carboxylic acids is 3. The number of ether oxygens (including phenoxy) is 4. The SMILES string of the molecule is CCOC(=O)Oc1c(OC)cc(C(=O)N2CCCN2C(=O)Cc2ccc(S(C)(=O)=O)cc2)cc1OC. The highest BCUT2D eigenvalue weighted by Gasteiger charge is 2.32. The van der Waals surface area contributed by atoms with Crippen LogP contribution >= 0.6 is 0 Å². The van der Waals surface area contributed by atoms with Crippen molar-refractivity contribution in [1.29, 1.82) is 0 Å². The van der Waals surface area contributed by atoms with Crippen LogP contribution in [0.25, 0.3) is 0 Å². The van der Waals surface area contributed by atoms with Crippen LogP contribution in [-0.4, -0.2) is 76.6 Å². The van der Waals surface area contributed by atoms with Crippen molar-refractivity contribution < 1.29 is 41.7 Å². The zero-order valence-electron chi connectivity index (χ0n) is 20.5. The second-order valence-corrected chi connectivity index (χ2v) is 9.90. The third-order valence-corrected chi connectivity index (χ3v) is 6.54. The van der Waals surface area contributed by atoms with Crippen LogP contribution in [0.2, 0.25) is 0 Å². The second-order valence-electron chi connectivity index (χ2n) is 7.89. The predicted molar refractivity (Wildman–Crippen MR) is 128 cm³/mol. The zero-order valence-corrected chi connectivity index (χ0v) is 21.3. The van der Waals surface area contributed by atoms with Crippen LogP contribution < -0.4 is 14.2 Å². The fourth-order valence-corrected chi connectivity index (χ4v) is 4.32. The molecular formula is C24H28N2O9S. The third-order valence-electron chi connectivity index (χ3n) is 5.42. The van der Waals surface area contributed by atoms with Crippen LogP contribution in [0, 0.1) is 0 Å². The number of carbonyl (C=O) groups is 3. The van der Waals surface area contributed by atoms with Gasteiger partial charge < -0.3 is 18.9 Å². The monoisotopic (exact) mass is 520 g/mol. The van der Waals surface area contributed by atoms with Gasteiger partial charge in [-0.2, -0.15) is 0 Å². The average Bonchev–Trinajstić information content (AvgIpc) is 3.33. The molecule has 0 spiro atoms. The summed E-state index contributed by atoms with van der Waals surface area (Å²) in [4.78, 5) is 38.4. The summed E-state index contributed by atoms with van der Waals surface area (Å²) in [7, 11) is -0.644. The molecule has 0 aromatic heterocycles. The van der Waals surface area contributed by atoms with E-state index in [0.29, 0.717) is 25.1 Å². The Morgan fingerprint density at radius 1 is 0.944 bits per heavy atom. The van der Waals surface area contributed by atoms with Gasteiger partial charge in [0.2, 0.25) is 11.7 Å². The molecule has 1 aliphatic rings. The van der Waals surface area contributed by atoms with E-state index in [4.69, 9.17) is 18.9 Å². The molecule has 2 aromatic carbocycles. The van der Waals surface area contributed by atoms with Gasteiger partial charge in [-0.3, -0.25) is 14.6 Å². The number of nitrogens with zero attached hydrogens (tertiary/aromatic N) is 2. The number of sulfone groups is 1. The van der Waals surface area contributed by atoms with Crippen LogP contribution in [0.15, 0.2) is 41.3 Å². The van der Waals surface area contributed by atoms with Gasteiger partial charge in [-0.1, -0.05) is 12.1 Å². The Labute approximate surface area is 209 Å². The molecule has 2 amide bonds. The molecule has 0 unspecified atom stereocenters. The first kappa shape index (κ1) is 26.8. The Balaban J connectivity index is 1.81. The van der Waals surface area contributed by atoms with Crippen molar-refractivity contribution in [3.8, 4) is 17.2 Å². The first-order valence-electron chi connectivity index (χ1n) is 11.1. The van der Waals surface area contributed by atoms with Gasteiger partial charge in [-0.15, -0.1) is 0 Å². The first-order chi connectivity index (χ1) is 17.1. The maximum atomic E-state index is 13.4. The highest BCUT2D eigenvalue weighted by molar-refractivity contribution is 7.90. The third kappa shape index (κ3) is 6.06. The van der Waals surface area contributed by atoms with E-state index in [9.17, 15) is 22.8 Å². The molecule has 0 N–H and O–H groups in total. The molecule has 0 atom stereocenters. The van der Waals surface area contributed by atoms with Crippen molar-refractivity contribution in [2.75, 3.05) is 40.2 Å². The van der Waals surface area contributed by atoms with Crippen LogP contribution in [-0.2, 0) is 25.8 Å². The second kappa shape index (κ2) is 11.3. The van der Waals surface area contributed by atoms with E-state index < -0.39 is 21.9 Å². The summed E-state index contributed by atoms with van der Waals surface area (Å²) >= 11 is 0. The smallest absolute Gasteiger partial charge is 0.493 e. The molecule has 1 fully saturated rings. The molecule has 12 heteroatoms. The van der Waals surface area contributed by atoms with Crippen molar-refractivity contribution >= 4 is 27.8 Å². The summed E-state index contributed by atoms with van der Waals surface area (Å²) in [6.45, 7) is 2.42. The summed E-state index contributed by atoms with van der Waals surface area (Å²) in [5.74, 6) is -0.661. The fourth-order valence-electron chi connectivity index (χ4n) is 3.69. The molecule has 2 aromatic rings. The Kier molecular flexibility index (Phi) is 8.41. The highest BCUT2D eigenvalue weighted by atomic mass is 32.2. The molecule has 1 saturated heterocycles. The maximum absolute atomic E-state index is 13.4. The number of hydrogen-bond donors (Lipinski definition) is 0.